The summed E-state index contributed by atoms with van der Waals surface area (Å²) in [4.78, 5) is 2.19. The first-order valence-corrected chi connectivity index (χ1v) is 6.98. The lowest BCUT2D eigenvalue weighted by Crippen LogP contribution is -2.19. The Labute approximate surface area is 120 Å². The van der Waals surface area contributed by atoms with Gasteiger partial charge in [0.1, 0.15) is 5.82 Å². The average Bonchev–Trinajstić information content (AvgIpc) is 2.42. The van der Waals surface area contributed by atoms with Gasteiger partial charge in [-0.1, -0.05) is 12.1 Å². The van der Waals surface area contributed by atoms with E-state index in [1.54, 1.807) is 6.07 Å². The zero-order valence-electron chi connectivity index (χ0n) is 12.1. The summed E-state index contributed by atoms with van der Waals surface area (Å²) in [5.74, 6) is -0.211. The van der Waals surface area contributed by atoms with Gasteiger partial charge >= 0.3 is 0 Å². The first-order valence-electron chi connectivity index (χ1n) is 6.98. The van der Waals surface area contributed by atoms with Crippen molar-refractivity contribution < 1.29 is 4.39 Å². The molecule has 2 nitrogen and oxygen atoms in total. The Morgan fingerprint density at radius 1 is 1.15 bits per heavy atom. The van der Waals surface area contributed by atoms with Gasteiger partial charge in [0.25, 0.3) is 0 Å². The quantitative estimate of drug-likeness (QED) is 0.897. The van der Waals surface area contributed by atoms with Crippen LogP contribution in [0, 0.1) is 12.7 Å². The molecule has 0 bridgehead atoms. The van der Waals surface area contributed by atoms with E-state index >= 15 is 0 Å². The number of hydrogen-bond acceptors (Lipinski definition) is 2. The highest BCUT2D eigenvalue weighted by Crippen LogP contribution is 2.29. The van der Waals surface area contributed by atoms with Gasteiger partial charge in [0.2, 0.25) is 0 Å². The molecule has 2 aromatic carbocycles. The predicted octanol–water partition coefficient (Wildman–Crippen LogP) is 3.79. The van der Waals surface area contributed by atoms with Gasteiger partial charge in [-0.25, -0.2) is 4.39 Å². The van der Waals surface area contributed by atoms with E-state index in [0.29, 0.717) is 13.0 Å². The number of nitrogens with two attached hydrogens (primary N) is 1. The molecule has 0 saturated carbocycles. The number of rotatable bonds is 5. The Morgan fingerprint density at radius 3 is 2.60 bits per heavy atom. The van der Waals surface area contributed by atoms with Gasteiger partial charge in [0, 0.05) is 17.9 Å². The van der Waals surface area contributed by atoms with Crippen LogP contribution in [0.5, 0.6) is 0 Å². The minimum Gasteiger partial charge on any atom is -0.342 e. The summed E-state index contributed by atoms with van der Waals surface area (Å²) >= 11 is 0. The van der Waals surface area contributed by atoms with Crippen LogP contribution in [0.1, 0.15) is 18.1 Å². The maximum atomic E-state index is 13.4. The van der Waals surface area contributed by atoms with E-state index in [4.69, 9.17) is 5.73 Å². The largest absolute Gasteiger partial charge is 0.342 e. The third-order valence-corrected chi connectivity index (χ3v) is 3.38. The molecule has 0 aliphatic carbocycles. The second-order valence-corrected chi connectivity index (χ2v) is 4.89. The molecule has 2 N–H and O–H groups in total. The molecule has 3 heteroatoms. The molecule has 2 rings (SSSR count). The van der Waals surface area contributed by atoms with Crippen LogP contribution in [0.4, 0.5) is 15.8 Å². The molecule has 0 aromatic heterocycles. The molecular weight excluding hydrogens is 251 g/mol. The highest BCUT2D eigenvalue weighted by molar-refractivity contribution is 5.67. The van der Waals surface area contributed by atoms with Crippen molar-refractivity contribution in [3.05, 3.63) is 59.4 Å². The molecule has 0 amide bonds. The van der Waals surface area contributed by atoms with Crippen molar-refractivity contribution in [2.24, 2.45) is 5.73 Å². The van der Waals surface area contributed by atoms with Crippen molar-refractivity contribution in [3.63, 3.8) is 0 Å². The lowest BCUT2D eigenvalue weighted by Gasteiger charge is -2.26. The molecule has 20 heavy (non-hydrogen) atoms. The van der Waals surface area contributed by atoms with Gasteiger partial charge < -0.3 is 10.6 Å². The standard InChI is InChI=1S/C17H21FN2/c1-3-20(16-6-4-5-13(2)11-16)17-8-7-15(18)12-14(17)9-10-19/h4-8,11-12H,3,9-10,19H2,1-2H3. The van der Waals surface area contributed by atoms with Crippen LogP contribution in [-0.2, 0) is 6.42 Å². The van der Waals surface area contributed by atoms with Crippen LogP contribution in [0.2, 0.25) is 0 Å². The monoisotopic (exact) mass is 272 g/mol. The number of aryl methyl sites for hydroxylation is 1. The second-order valence-electron chi connectivity index (χ2n) is 4.89. The smallest absolute Gasteiger partial charge is 0.123 e. The maximum Gasteiger partial charge on any atom is 0.123 e. The van der Waals surface area contributed by atoms with Crippen LogP contribution >= 0.6 is 0 Å². The molecule has 0 heterocycles. The summed E-state index contributed by atoms with van der Waals surface area (Å²) in [6.45, 7) is 5.51. The van der Waals surface area contributed by atoms with E-state index in [1.165, 1.54) is 11.6 Å². The molecule has 0 aliphatic rings. The Bertz CT molecular complexity index is 581. The SMILES string of the molecule is CCN(c1cccc(C)c1)c1ccc(F)cc1CCN. The minimum absolute atomic E-state index is 0.211. The topological polar surface area (TPSA) is 29.3 Å². The molecule has 0 unspecified atom stereocenters. The zero-order valence-corrected chi connectivity index (χ0v) is 12.1. The third-order valence-electron chi connectivity index (χ3n) is 3.38. The van der Waals surface area contributed by atoms with E-state index in [2.05, 4.69) is 36.9 Å². The normalized spacial score (nSPS) is 10.6. The van der Waals surface area contributed by atoms with E-state index < -0.39 is 0 Å². The lowest BCUT2D eigenvalue weighted by molar-refractivity contribution is 0.625. The predicted molar refractivity (Wildman–Crippen MR) is 83.0 cm³/mol. The fraction of sp³-hybridized carbons (Fsp3) is 0.294. The number of benzene rings is 2. The first kappa shape index (κ1) is 14.5. The molecular formula is C17H21FN2. The Morgan fingerprint density at radius 2 is 1.95 bits per heavy atom. The van der Waals surface area contributed by atoms with E-state index in [1.807, 2.05) is 12.1 Å². The van der Waals surface area contributed by atoms with Crippen molar-refractivity contribution in [1.29, 1.82) is 0 Å². The second kappa shape index (κ2) is 6.53. The molecule has 2 aromatic rings. The Hall–Kier alpha value is -1.87. The molecule has 0 spiro atoms. The van der Waals surface area contributed by atoms with E-state index in [0.717, 1.165) is 23.5 Å². The van der Waals surface area contributed by atoms with Crippen LogP contribution in [-0.4, -0.2) is 13.1 Å². The summed E-state index contributed by atoms with van der Waals surface area (Å²) < 4.78 is 13.4. The maximum absolute atomic E-state index is 13.4. The van der Waals surface area contributed by atoms with E-state index in [-0.39, 0.29) is 5.82 Å². The molecule has 106 valence electrons. The molecule has 0 saturated heterocycles. The number of hydrogen-bond donors (Lipinski definition) is 1. The molecule has 0 atom stereocenters. The highest BCUT2D eigenvalue weighted by atomic mass is 19.1. The summed E-state index contributed by atoms with van der Waals surface area (Å²) in [7, 11) is 0. The third kappa shape index (κ3) is 3.17. The highest BCUT2D eigenvalue weighted by Gasteiger charge is 2.12. The van der Waals surface area contributed by atoms with Crippen molar-refractivity contribution >= 4 is 11.4 Å². The van der Waals surface area contributed by atoms with Gasteiger partial charge in [-0.3, -0.25) is 0 Å². The summed E-state index contributed by atoms with van der Waals surface area (Å²) in [6, 6.07) is 13.3. The minimum atomic E-state index is -0.211. The van der Waals surface area contributed by atoms with Crippen LogP contribution < -0.4 is 10.6 Å². The fourth-order valence-electron chi connectivity index (χ4n) is 2.46. The van der Waals surface area contributed by atoms with Gasteiger partial charge in [0.15, 0.2) is 0 Å². The van der Waals surface area contributed by atoms with Crippen LogP contribution in [0.25, 0.3) is 0 Å². The molecule has 0 aliphatic heterocycles. The first-order chi connectivity index (χ1) is 9.65. The van der Waals surface area contributed by atoms with Crippen molar-refractivity contribution in [1.82, 2.24) is 0 Å². The van der Waals surface area contributed by atoms with Crippen molar-refractivity contribution in [2.75, 3.05) is 18.0 Å². The number of nitrogens with zero attached hydrogens (tertiary/aromatic N) is 1. The summed E-state index contributed by atoms with van der Waals surface area (Å²) in [5.41, 5.74) is 9.96. The number of halogens is 1. The summed E-state index contributed by atoms with van der Waals surface area (Å²) in [5, 5.41) is 0. The fourth-order valence-corrected chi connectivity index (χ4v) is 2.46. The molecule has 0 fully saturated rings. The Balaban J connectivity index is 2.46. The molecule has 0 radical (unpaired) electrons. The number of anilines is 2. The van der Waals surface area contributed by atoms with Gasteiger partial charge in [-0.15, -0.1) is 0 Å². The zero-order chi connectivity index (χ0) is 14.5. The van der Waals surface area contributed by atoms with E-state index in [9.17, 15) is 4.39 Å². The lowest BCUT2D eigenvalue weighted by atomic mass is 10.1. The van der Waals surface area contributed by atoms with Crippen LogP contribution in [0.3, 0.4) is 0 Å². The van der Waals surface area contributed by atoms with Gasteiger partial charge in [0.05, 0.1) is 0 Å². The average molecular weight is 272 g/mol. The Kier molecular flexibility index (Phi) is 4.74. The van der Waals surface area contributed by atoms with Gasteiger partial charge in [-0.2, -0.15) is 0 Å². The van der Waals surface area contributed by atoms with Crippen molar-refractivity contribution in [2.45, 2.75) is 20.3 Å². The van der Waals surface area contributed by atoms with Gasteiger partial charge in [-0.05, 0) is 68.3 Å². The summed E-state index contributed by atoms with van der Waals surface area (Å²) in [6.07, 6.45) is 0.676. The van der Waals surface area contributed by atoms with Crippen LogP contribution in [0.15, 0.2) is 42.5 Å². The van der Waals surface area contributed by atoms with Crippen molar-refractivity contribution in [3.8, 4) is 0 Å².